The molecule has 0 saturated heterocycles. The number of carbonyl (C=O) groups excluding carboxylic acids is 2. The van der Waals surface area contributed by atoms with Gasteiger partial charge in [0.15, 0.2) is 10.6 Å². The van der Waals surface area contributed by atoms with Crippen LogP contribution in [0.25, 0.3) is 0 Å². The molecule has 0 amide bonds. The van der Waals surface area contributed by atoms with E-state index < -0.39 is 12.1 Å². The number of hydrogen-bond acceptors (Lipinski definition) is 3. The molecule has 0 bridgehead atoms. The van der Waals surface area contributed by atoms with Gasteiger partial charge in [0.2, 0.25) is 0 Å². The van der Waals surface area contributed by atoms with Crippen molar-refractivity contribution in [3.05, 3.63) is 126 Å². The number of rotatable bonds is 13. The highest BCUT2D eigenvalue weighted by atomic mass is 35.5. The normalized spacial score (nSPS) is 11.4. The summed E-state index contributed by atoms with van der Waals surface area (Å²) in [6, 6.07) is 39.3. The van der Waals surface area contributed by atoms with Crippen molar-refractivity contribution in [1.29, 1.82) is 0 Å². The van der Waals surface area contributed by atoms with Crippen LogP contribution in [0.15, 0.2) is 115 Å². The molecule has 0 heterocycles. The van der Waals surface area contributed by atoms with Crippen molar-refractivity contribution in [2.45, 2.75) is 37.1 Å². The molecule has 4 rings (SSSR count). The van der Waals surface area contributed by atoms with Gasteiger partial charge in [-0.3, -0.25) is 9.59 Å². The molecule has 4 aromatic rings. The van der Waals surface area contributed by atoms with Crippen molar-refractivity contribution in [2.24, 2.45) is 0 Å². The van der Waals surface area contributed by atoms with Gasteiger partial charge in [0.05, 0.1) is 6.16 Å². The second-order valence-electron chi connectivity index (χ2n) is 9.37. The Labute approximate surface area is 241 Å². The molecule has 0 aliphatic rings. The van der Waals surface area contributed by atoms with E-state index in [2.05, 4.69) is 91.0 Å². The Kier molecular flexibility index (Phi) is 10.7. The van der Waals surface area contributed by atoms with Crippen molar-refractivity contribution >= 4 is 58.1 Å². The van der Waals surface area contributed by atoms with E-state index in [0.717, 1.165) is 31.0 Å². The van der Waals surface area contributed by atoms with E-state index in [1.807, 2.05) is 0 Å². The smallest absolute Gasteiger partial charge is 0.306 e. The highest BCUT2D eigenvalue weighted by molar-refractivity contribution is 7.95. The van der Waals surface area contributed by atoms with Gasteiger partial charge >= 0.3 is 5.97 Å². The predicted octanol–water partition coefficient (Wildman–Crippen LogP) is 7.27. The Bertz CT molecular complexity index is 1230. The molecule has 0 spiro atoms. The standard InChI is InChI=1S/C33H32Cl2O3P/c34-33(35)32(37)27-22-20-26(21-23-27)25-38-31(36)19-11-4-12-24-39(28-13-5-1-6-14-28,29-15-7-2-8-16-29)30-17-9-3-10-18-30/h1-3,5-10,13-18,20-23,33H,4,11-12,19,24-25H2/q+1. The van der Waals surface area contributed by atoms with Crippen LogP contribution in [0.5, 0.6) is 0 Å². The number of ketones is 1. The first-order valence-electron chi connectivity index (χ1n) is 13.1. The van der Waals surface area contributed by atoms with E-state index in [4.69, 9.17) is 27.9 Å². The molecule has 39 heavy (non-hydrogen) atoms. The first-order chi connectivity index (χ1) is 19.0. The molecule has 0 aromatic heterocycles. The first-order valence-corrected chi connectivity index (χ1v) is 16.0. The van der Waals surface area contributed by atoms with Crippen LogP contribution in [0.1, 0.15) is 41.6 Å². The number of benzene rings is 4. The molecule has 200 valence electrons. The van der Waals surface area contributed by atoms with Gasteiger partial charge in [-0.15, -0.1) is 0 Å². The summed E-state index contributed by atoms with van der Waals surface area (Å²) < 4.78 is 5.46. The third-order valence-corrected chi connectivity index (χ3v) is 11.7. The minimum Gasteiger partial charge on any atom is -0.461 e. The second kappa shape index (κ2) is 14.4. The Morgan fingerprint density at radius 2 is 1.13 bits per heavy atom. The molecular weight excluding hydrogens is 546 g/mol. The zero-order valence-electron chi connectivity index (χ0n) is 21.7. The van der Waals surface area contributed by atoms with Gasteiger partial charge in [0.25, 0.3) is 0 Å². The number of esters is 1. The van der Waals surface area contributed by atoms with Gasteiger partial charge in [-0.25, -0.2) is 0 Å². The second-order valence-corrected chi connectivity index (χ2v) is 14.1. The Balaban J connectivity index is 1.35. The zero-order chi connectivity index (χ0) is 27.5. The van der Waals surface area contributed by atoms with Crippen molar-refractivity contribution in [1.82, 2.24) is 0 Å². The average Bonchev–Trinajstić information content (AvgIpc) is 2.99. The lowest BCUT2D eigenvalue weighted by Crippen LogP contribution is -2.33. The third kappa shape index (κ3) is 7.57. The zero-order valence-corrected chi connectivity index (χ0v) is 24.1. The molecule has 0 unspecified atom stereocenters. The highest BCUT2D eigenvalue weighted by Crippen LogP contribution is 2.56. The number of unbranched alkanes of at least 4 members (excludes halogenated alkanes) is 2. The fourth-order valence-corrected chi connectivity index (χ4v) is 9.47. The minimum atomic E-state index is -1.84. The maximum Gasteiger partial charge on any atom is 0.306 e. The van der Waals surface area contributed by atoms with Gasteiger partial charge in [0.1, 0.15) is 29.8 Å². The third-order valence-electron chi connectivity index (χ3n) is 6.80. The fourth-order valence-electron chi connectivity index (χ4n) is 4.80. The maximum atomic E-state index is 12.4. The lowest BCUT2D eigenvalue weighted by molar-refractivity contribution is -0.145. The first kappa shape index (κ1) is 29.0. The molecule has 0 fully saturated rings. The number of ether oxygens (including phenoxy) is 1. The van der Waals surface area contributed by atoms with Crippen molar-refractivity contribution < 1.29 is 14.3 Å². The average molecular weight is 578 g/mol. The van der Waals surface area contributed by atoms with Gasteiger partial charge in [-0.05, 0) is 61.2 Å². The lowest BCUT2D eigenvalue weighted by atomic mass is 10.1. The monoisotopic (exact) mass is 577 g/mol. The lowest BCUT2D eigenvalue weighted by Gasteiger charge is -2.27. The van der Waals surface area contributed by atoms with Crippen LogP contribution in [-0.2, 0) is 16.1 Å². The van der Waals surface area contributed by atoms with Crippen molar-refractivity contribution in [3.63, 3.8) is 0 Å². The molecule has 4 aromatic carbocycles. The molecular formula is C33H32Cl2O3P+. The molecule has 0 N–H and O–H groups in total. The van der Waals surface area contributed by atoms with Crippen LogP contribution in [0.2, 0.25) is 0 Å². The van der Waals surface area contributed by atoms with Crippen LogP contribution < -0.4 is 15.9 Å². The van der Waals surface area contributed by atoms with Gasteiger partial charge < -0.3 is 4.74 Å². The Morgan fingerprint density at radius 1 is 0.641 bits per heavy atom. The van der Waals surface area contributed by atoms with E-state index in [0.29, 0.717) is 12.0 Å². The van der Waals surface area contributed by atoms with Gasteiger partial charge in [-0.1, -0.05) is 102 Å². The van der Waals surface area contributed by atoms with E-state index >= 15 is 0 Å². The molecule has 0 atom stereocenters. The number of carbonyl (C=O) groups is 2. The molecule has 6 heteroatoms. The van der Waals surface area contributed by atoms with Crippen LogP contribution >= 0.6 is 30.5 Å². The van der Waals surface area contributed by atoms with E-state index in [1.54, 1.807) is 24.3 Å². The van der Waals surface area contributed by atoms with E-state index in [-0.39, 0.29) is 18.4 Å². The number of hydrogen-bond donors (Lipinski definition) is 0. The van der Waals surface area contributed by atoms with Crippen LogP contribution in [0.3, 0.4) is 0 Å². The van der Waals surface area contributed by atoms with Crippen molar-refractivity contribution in [3.8, 4) is 0 Å². The van der Waals surface area contributed by atoms with Crippen LogP contribution in [0, 0.1) is 0 Å². The van der Waals surface area contributed by atoms with Crippen LogP contribution in [-0.4, -0.2) is 22.8 Å². The van der Waals surface area contributed by atoms with Gasteiger partial charge in [-0.2, -0.15) is 0 Å². The molecule has 0 radical (unpaired) electrons. The van der Waals surface area contributed by atoms with Crippen molar-refractivity contribution in [2.75, 3.05) is 6.16 Å². The summed E-state index contributed by atoms with van der Waals surface area (Å²) in [5.41, 5.74) is 1.24. The summed E-state index contributed by atoms with van der Waals surface area (Å²) in [6.45, 7) is 0.170. The molecule has 0 aliphatic heterocycles. The van der Waals surface area contributed by atoms with E-state index in [1.165, 1.54) is 15.9 Å². The van der Waals surface area contributed by atoms with E-state index in [9.17, 15) is 9.59 Å². The number of halogens is 2. The summed E-state index contributed by atoms with van der Waals surface area (Å²) in [4.78, 5) is 23.2. The molecule has 0 saturated carbocycles. The molecule has 0 aliphatic carbocycles. The van der Waals surface area contributed by atoms with Crippen LogP contribution in [0.4, 0.5) is 0 Å². The topological polar surface area (TPSA) is 43.4 Å². The predicted molar refractivity (Wildman–Crippen MR) is 165 cm³/mol. The quantitative estimate of drug-likeness (QED) is 0.0551. The summed E-state index contributed by atoms with van der Waals surface area (Å²) in [7, 11) is -1.84. The van der Waals surface area contributed by atoms with Gasteiger partial charge in [0, 0.05) is 12.0 Å². The summed E-state index contributed by atoms with van der Waals surface area (Å²) in [5, 5.41) is 4.13. The maximum absolute atomic E-state index is 12.4. The summed E-state index contributed by atoms with van der Waals surface area (Å²) >= 11 is 11.3. The number of alkyl halides is 2. The molecule has 3 nitrogen and oxygen atoms in total. The SMILES string of the molecule is O=C(CCCCC[P+](c1ccccc1)(c1ccccc1)c1ccccc1)OCc1ccc(C(=O)C(Cl)Cl)cc1. The Hall–Kier alpha value is -2.97. The summed E-state index contributed by atoms with van der Waals surface area (Å²) in [6.07, 6.45) is 4.15. The highest BCUT2D eigenvalue weighted by Gasteiger charge is 2.44. The summed E-state index contributed by atoms with van der Waals surface area (Å²) in [5.74, 6) is -0.563. The largest absolute Gasteiger partial charge is 0.461 e. The fraction of sp³-hybridized carbons (Fsp3) is 0.212. The number of Topliss-reactive ketones (excluding diaryl/α,β-unsaturated/α-hetero) is 1. The minimum absolute atomic E-state index is 0.170. The Morgan fingerprint density at radius 3 is 1.59 bits per heavy atom.